The molecule has 27 heavy (non-hydrogen) atoms. The molecule has 1 amide bonds. The number of nitrogens with one attached hydrogen (secondary N) is 1. The number of hydrogen-bond acceptors (Lipinski definition) is 5. The van der Waals surface area contributed by atoms with E-state index in [-0.39, 0.29) is 12.3 Å². The molecule has 2 aromatic carbocycles. The Balaban J connectivity index is 1.35. The lowest BCUT2D eigenvalue weighted by Gasteiger charge is -2.18. The minimum absolute atomic E-state index is 0.0500. The number of nitrogens with zero attached hydrogens (tertiary/aromatic N) is 1. The number of aromatic nitrogens is 1. The van der Waals surface area contributed by atoms with Gasteiger partial charge in [-0.2, -0.15) is 0 Å². The largest absolute Gasteiger partial charge is 0.486 e. The average molecular weight is 380 g/mol. The zero-order chi connectivity index (χ0) is 18.6. The number of fused-ring (bicyclic) bond motifs is 1. The van der Waals surface area contributed by atoms with E-state index >= 15 is 0 Å². The Morgan fingerprint density at radius 1 is 1.15 bits per heavy atom. The molecule has 1 aliphatic heterocycles. The maximum Gasteiger partial charge on any atom is 0.226 e. The first-order chi connectivity index (χ1) is 13.2. The van der Waals surface area contributed by atoms with Crippen LogP contribution in [0.4, 0.5) is 0 Å². The molecule has 0 bridgehead atoms. The highest BCUT2D eigenvalue weighted by molar-refractivity contribution is 7.13. The number of carbonyl (C=O) groups excluding carboxylic acids is 1. The zero-order valence-electron chi connectivity index (χ0n) is 15.0. The summed E-state index contributed by atoms with van der Waals surface area (Å²) in [6.07, 6.45) is 0.271. The number of ether oxygens (including phenoxy) is 2. The SMILES string of the molecule is Cc1cccc(-c2nc(CC(=O)NCc3ccc4c(c3)OCCO4)cs2)c1. The van der Waals surface area contributed by atoms with Crippen LogP contribution in [0.1, 0.15) is 16.8 Å². The van der Waals surface area contributed by atoms with E-state index in [4.69, 9.17) is 9.47 Å². The second-order valence-electron chi connectivity index (χ2n) is 6.44. The number of hydrogen-bond donors (Lipinski definition) is 1. The minimum Gasteiger partial charge on any atom is -0.486 e. The molecule has 0 unspecified atom stereocenters. The van der Waals surface area contributed by atoms with Gasteiger partial charge in [0, 0.05) is 17.5 Å². The zero-order valence-corrected chi connectivity index (χ0v) is 15.8. The van der Waals surface area contributed by atoms with E-state index in [1.54, 1.807) is 11.3 Å². The monoisotopic (exact) mass is 380 g/mol. The van der Waals surface area contributed by atoms with Gasteiger partial charge in [-0.25, -0.2) is 4.98 Å². The molecule has 138 valence electrons. The average Bonchev–Trinajstić information content (AvgIpc) is 3.15. The molecule has 0 fully saturated rings. The Kier molecular flexibility index (Phi) is 5.07. The van der Waals surface area contributed by atoms with Gasteiger partial charge in [-0.1, -0.05) is 29.8 Å². The fraction of sp³-hybridized carbons (Fsp3) is 0.238. The Morgan fingerprint density at radius 2 is 2.00 bits per heavy atom. The third-order valence-electron chi connectivity index (χ3n) is 4.25. The lowest BCUT2D eigenvalue weighted by atomic mass is 10.1. The van der Waals surface area contributed by atoms with Crippen LogP contribution < -0.4 is 14.8 Å². The van der Waals surface area contributed by atoms with Gasteiger partial charge in [0.2, 0.25) is 5.91 Å². The highest BCUT2D eigenvalue weighted by atomic mass is 32.1. The predicted molar refractivity (Wildman–Crippen MR) is 105 cm³/mol. The Hall–Kier alpha value is -2.86. The molecule has 0 radical (unpaired) electrons. The van der Waals surface area contributed by atoms with Crippen LogP contribution in [0.25, 0.3) is 10.6 Å². The summed E-state index contributed by atoms with van der Waals surface area (Å²) in [6, 6.07) is 13.9. The van der Waals surface area contributed by atoms with Crippen LogP contribution in [0.2, 0.25) is 0 Å². The van der Waals surface area contributed by atoms with Gasteiger partial charge in [0.15, 0.2) is 11.5 Å². The number of benzene rings is 2. The first kappa shape index (κ1) is 17.5. The summed E-state index contributed by atoms with van der Waals surface area (Å²) < 4.78 is 11.1. The van der Waals surface area contributed by atoms with Crippen molar-refractivity contribution in [3.05, 3.63) is 64.7 Å². The van der Waals surface area contributed by atoms with E-state index in [9.17, 15) is 4.79 Å². The van der Waals surface area contributed by atoms with Gasteiger partial charge in [0.05, 0.1) is 12.1 Å². The molecule has 0 aliphatic carbocycles. The number of carbonyl (C=O) groups is 1. The van der Waals surface area contributed by atoms with Crippen molar-refractivity contribution in [2.45, 2.75) is 19.9 Å². The molecule has 2 heterocycles. The van der Waals surface area contributed by atoms with Gasteiger partial charge in [-0.15, -0.1) is 11.3 Å². The Morgan fingerprint density at radius 3 is 2.85 bits per heavy atom. The van der Waals surface area contributed by atoms with Crippen LogP contribution in [0.5, 0.6) is 11.5 Å². The molecule has 5 nitrogen and oxygen atoms in total. The molecular formula is C21H20N2O3S. The van der Waals surface area contributed by atoms with Gasteiger partial charge in [0.25, 0.3) is 0 Å². The molecule has 0 saturated carbocycles. The second kappa shape index (κ2) is 7.80. The standard InChI is InChI=1S/C21H20N2O3S/c1-14-3-2-4-16(9-14)21-23-17(13-27-21)11-20(24)22-12-15-5-6-18-19(10-15)26-8-7-25-18/h2-6,9-10,13H,7-8,11-12H2,1H3,(H,22,24). The summed E-state index contributed by atoms with van der Waals surface area (Å²) in [5, 5.41) is 5.83. The molecular weight excluding hydrogens is 360 g/mol. The maximum atomic E-state index is 12.3. The van der Waals surface area contributed by atoms with Crippen molar-refractivity contribution in [1.29, 1.82) is 0 Å². The summed E-state index contributed by atoms with van der Waals surface area (Å²) in [5.41, 5.74) is 4.05. The number of rotatable bonds is 5. The maximum absolute atomic E-state index is 12.3. The highest BCUT2D eigenvalue weighted by Gasteiger charge is 2.13. The molecule has 6 heteroatoms. The Bertz CT molecular complexity index is 968. The van der Waals surface area contributed by atoms with E-state index in [0.29, 0.717) is 19.8 Å². The first-order valence-corrected chi connectivity index (χ1v) is 9.72. The summed E-state index contributed by atoms with van der Waals surface area (Å²) >= 11 is 1.56. The fourth-order valence-corrected chi connectivity index (χ4v) is 3.74. The molecule has 0 spiro atoms. The normalized spacial score (nSPS) is 12.6. The number of thiazole rings is 1. The molecule has 1 aromatic heterocycles. The quantitative estimate of drug-likeness (QED) is 0.732. The van der Waals surface area contributed by atoms with Crippen LogP contribution in [-0.2, 0) is 17.8 Å². The number of aryl methyl sites for hydroxylation is 1. The van der Waals surface area contributed by atoms with Crippen LogP contribution in [0, 0.1) is 6.92 Å². The van der Waals surface area contributed by atoms with Gasteiger partial charge in [-0.3, -0.25) is 4.79 Å². The topological polar surface area (TPSA) is 60.5 Å². The highest BCUT2D eigenvalue weighted by Crippen LogP contribution is 2.30. The summed E-state index contributed by atoms with van der Waals surface area (Å²) in [4.78, 5) is 16.9. The molecule has 0 saturated heterocycles. The van der Waals surface area contributed by atoms with E-state index in [2.05, 4.69) is 29.4 Å². The molecule has 3 aromatic rings. The summed E-state index contributed by atoms with van der Waals surface area (Å²) in [7, 11) is 0. The molecule has 4 rings (SSSR count). The van der Waals surface area contributed by atoms with Crippen molar-refractivity contribution in [3.8, 4) is 22.1 Å². The third kappa shape index (κ3) is 4.28. The van der Waals surface area contributed by atoms with Crippen molar-refractivity contribution >= 4 is 17.2 Å². The number of amides is 1. The van der Waals surface area contributed by atoms with Gasteiger partial charge < -0.3 is 14.8 Å². The lowest BCUT2D eigenvalue weighted by Crippen LogP contribution is -2.24. The Labute approximate surface area is 162 Å². The van der Waals surface area contributed by atoms with E-state index in [1.165, 1.54) is 5.56 Å². The van der Waals surface area contributed by atoms with Crippen molar-refractivity contribution in [1.82, 2.24) is 10.3 Å². The minimum atomic E-state index is -0.0500. The van der Waals surface area contributed by atoms with Gasteiger partial charge in [-0.05, 0) is 30.7 Å². The van der Waals surface area contributed by atoms with Gasteiger partial charge in [0.1, 0.15) is 18.2 Å². The molecule has 0 atom stereocenters. The van der Waals surface area contributed by atoms with Crippen LogP contribution in [0.15, 0.2) is 47.8 Å². The van der Waals surface area contributed by atoms with E-state index in [1.807, 2.05) is 35.7 Å². The lowest BCUT2D eigenvalue weighted by molar-refractivity contribution is -0.120. The van der Waals surface area contributed by atoms with Crippen molar-refractivity contribution < 1.29 is 14.3 Å². The van der Waals surface area contributed by atoms with Crippen molar-refractivity contribution in [2.24, 2.45) is 0 Å². The van der Waals surface area contributed by atoms with E-state index in [0.717, 1.165) is 33.3 Å². The van der Waals surface area contributed by atoms with Crippen molar-refractivity contribution in [2.75, 3.05) is 13.2 Å². The molecule has 1 aliphatic rings. The van der Waals surface area contributed by atoms with Crippen LogP contribution in [0.3, 0.4) is 0 Å². The van der Waals surface area contributed by atoms with Gasteiger partial charge >= 0.3 is 0 Å². The first-order valence-electron chi connectivity index (χ1n) is 8.84. The third-order valence-corrected chi connectivity index (χ3v) is 5.19. The van der Waals surface area contributed by atoms with Crippen LogP contribution >= 0.6 is 11.3 Å². The molecule has 1 N–H and O–H groups in total. The predicted octanol–water partition coefficient (Wildman–Crippen LogP) is 3.75. The fourth-order valence-electron chi connectivity index (χ4n) is 2.92. The van der Waals surface area contributed by atoms with E-state index < -0.39 is 0 Å². The van der Waals surface area contributed by atoms with Crippen molar-refractivity contribution in [3.63, 3.8) is 0 Å². The second-order valence-corrected chi connectivity index (χ2v) is 7.30. The van der Waals surface area contributed by atoms with Crippen LogP contribution in [-0.4, -0.2) is 24.1 Å². The smallest absolute Gasteiger partial charge is 0.226 e. The summed E-state index contributed by atoms with van der Waals surface area (Å²) in [6.45, 7) is 3.63. The summed E-state index contributed by atoms with van der Waals surface area (Å²) in [5.74, 6) is 1.43.